The minimum atomic E-state index is 0.248. The molecule has 0 aromatic rings. The Morgan fingerprint density at radius 3 is 2.18 bits per heavy atom. The largest absolute Gasteiger partial charge is 0.0937 e. The van der Waals surface area contributed by atoms with Gasteiger partial charge in [0, 0.05) is 11.5 Å². The number of hydrogen-bond acceptors (Lipinski definition) is 1. The highest BCUT2D eigenvalue weighted by atomic mass is 15.1. The summed E-state index contributed by atoms with van der Waals surface area (Å²) >= 11 is 0. The Labute approximate surface area is 107 Å². The minimum Gasteiger partial charge on any atom is -0.0937 e. The smallest absolute Gasteiger partial charge is 0.0291 e. The van der Waals surface area contributed by atoms with Crippen LogP contribution in [0.3, 0.4) is 0 Å². The first-order valence-corrected chi connectivity index (χ1v) is 7.03. The van der Waals surface area contributed by atoms with E-state index in [1.807, 2.05) is 0 Å². The van der Waals surface area contributed by atoms with Crippen LogP contribution < -0.4 is 0 Å². The van der Waals surface area contributed by atoms with Crippen LogP contribution >= 0.6 is 0 Å². The van der Waals surface area contributed by atoms with E-state index in [1.165, 1.54) is 44.9 Å². The fourth-order valence-corrected chi connectivity index (χ4v) is 2.10. The molecule has 0 saturated heterocycles. The second-order valence-electron chi connectivity index (χ2n) is 6.03. The maximum atomic E-state index is 8.41. The van der Waals surface area contributed by atoms with Crippen LogP contribution in [0.1, 0.15) is 72.6 Å². The zero-order valence-corrected chi connectivity index (χ0v) is 12.1. The molecule has 0 saturated carbocycles. The third-order valence-electron chi connectivity index (χ3n) is 3.50. The summed E-state index contributed by atoms with van der Waals surface area (Å²) in [7, 11) is 0. The molecular weight excluding hydrogens is 210 g/mol. The van der Waals surface area contributed by atoms with Gasteiger partial charge in [0.2, 0.25) is 0 Å². The van der Waals surface area contributed by atoms with E-state index in [0.29, 0.717) is 12.5 Å². The molecule has 0 fully saturated rings. The van der Waals surface area contributed by atoms with Gasteiger partial charge in [-0.3, -0.25) is 0 Å². The number of rotatable bonds is 9. The Kier molecular flexibility index (Phi) is 8.97. The standard InChI is InChI=1S/C14H29N3/c1-5-6-7-8-9-10-11-13(12-16-17-15)14(2,3)4/h13H,5-12H2,1-4H3. The van der Waals surface area contributed by atoms with Gasteiger partial charge >= 0.3 is 0 Å². The van der Waals surface area contributed by atoms with Crippen molar-refractivity contribution in [1.82, 2.24) is 0 Å². The highest BCUT2D eigenvalue weighted by molar-refractivity contribution is 4.76. The van der Waals surface area contributed by atoms with Crippen LogP contribution in [0, 0.1) is 11.3 Å². The number of nitrogens with zero attached hydrogens (tertiary/aromatic N) is 3. The summed E-state index contributed by atoms with van der Waals surface area (Å²) in [6.07, 6.45) is 9.17. The highest BCUT2D eigenvalue weighted by Crippen LogP contribution is 2.30. The van der Waals surface area contributed by atoms with Crippen LogP contribution in [0.15, 0.2) is 5.11 Å². The van der Waals surface area contributed by atoms with Gasteiger partial charge in [-0.15, -0.1) is 0 Å². The average Bonchev–Trinajstić information content (AvgIpc) is 2.25. The van der Waals surface area contributed by atoms with Gasteiger partial charge < -0.3 is 0 Å². The molecule has 0 heterocycles. The Hall–Kier alpha value is -0.690. The lowest BCUT2D eigenvalue weighted by Gasteiger charge is -2.29. The van der Waals surface area contributed by atoms with Crippen molar-refractivity contribution in [3.05, 3.63) is 10.4 Å². The molecule has 0 rings (SSSR count). The van der Waals surface area contributed by atoms with Gasteiger partial charge in [0.25, 0.3) is 0 Å². The topological polar surface area (TPSA) is 48.8 Å². The second-order valence-corrected chi connectivity index (χ2v) is 6.03. The monoisotopic (exact) mass is 239 g/mol. The predicted octanol–water partition coefficient (Wildman–Crippen LogP) is 5.71. The zero-order chi connectivity index (χ0) is 13.1. The predicted molar refractivity (Wildman–Crippen MR) is 75.0 cm³/mol. The van der Waals surface area contributed by atoms with Gasteiger partial charge in [-0.25, -0.2) is 0 Å². The van der Waals surface area contributed by atoms with Gasteiger partial charge in [0.1, 0.15) is 0 Å². The van der Waals surface area contributed by atoms with E-state index in [2.05, 4.69) is 37.7 Å². The fourth-order valence-electron chi connectivity index (χ4n) is 2.10. The summed E-state index contributed by atoms with van der Waals surface area (Å²) in [5, 5.41) is 3.75. The van der Waals surface area contributed by atoms with Gasteiger partial charge in [-0.1, -0.05) is 71.3 Å². The molecule has 0 amide bonds. The SMILES string of the molecule is CCCCCCCCC(CN=[N+]=[N-])C(C)(C)C. The number of azide groups is 1. The maximum Gasteiger partial charge on any atom is 0.0291 e. The van der Waals surface area contributed by atoms with Crippen molar-refractivity contribution in [3.63, 3.8) is 0 Å². The molecule has 100 valence electrons. The van der Waals surface area contributed by atoms with E-state index in [0.717, 1.165) is 0 Å². The molecule has 0 bridgehead atoms. The number of unbranched alkanes of at least 4 members (excludes halogenated alkanes) is 5. The number of hydrogen-bond donors (Lipinski definition) is 0. The van der Waals surface area contributed by atoms with Crippen LogP contribution in [0.25, 0.3) is 10.4 Å². The Morgan fingerprint density at radius 2 is 1.65 bits per heavy atom. The molecule has 1 atom stereocenters. The van der Waals surface area contributed by atoms with Crippen LogP contribution in [0.5, 0.6) is 0 Å². The fraction of sp³-hybridized carbons (Fsp3) is 1.00. The van der Waals surface area contributed by atoms with E-state index in [1.54, 1.807) is 0 Å². The van der Waals surface area contributed by atoms with Crippen molar-refractivity contribution in [2.75, 3.05) is 6.54 Å². The van der Waals surface area contributed by atoms with Gasteiger partial charge in [-0.05, 0) is 23.3 Å². The quantitative estimate of drug-likeness (QED) is 0.214. The Morgan fingerprint density at radius 1 is 1.06 bits per heavy atom. The van der Waals surface area contributed by atoms with Crippen LogP contribution in [0.2, 0.25) is 0 Å². The van der Waals surface area contributed by atoms with Gasteiger partial charge in [0.05, 0.1) is 0 Å². The molecule has 0 radical (unpaired) electrons. The van der Waals surface area contributed by atoms with Gasteiger partial charge in [0.15, 0.2) is 0 Å². The molecule has 0 aliphatic rings. The van der Waals surface area contributed by atoms with E-state index in [9.17, 15) is 0 Å². The Balaban J connectivity index is 3.80. The maximum absolute atomic E-state index is 8.41. The van der Waals surface area contributed by atoms with Crippen molar-refractivity contribution in [2.45, 2.75) is 72.6 Å². The average molecular weight is 239 g/mol. The lowest BCUT2D eigenvalue weighted by atomic mass is 9.78. The summed E-state index contributed by atoms with van der Waals surface area (Å²) in [5.74, 6) is 0.518. The Bertz CT molecular complexity index is 224. The molecule has 0 N–H and O–H groups in total. The van der Waals surface area contributed by atoms with Crippen molar-refractivity contribution in [2.24, 2.45) is 16.4 Å². The second kappa shape index (κ2) is 9.35. The summed E-state index contributed by atoms with van der Waals surface area (Å²) in [6, 6.07) is 0. The molecule has 0 aliphatic heterocycles. The van der Waals surface area contributed by atoms with E-state index < -0.39 is 0 Å². The minimum absolute atomic E-state index is 0.248. The highest BCUT2D eigenvalue weighted by Gasteiger charge is 2.23. The van der Waals surface area contributed by atoms with Crippen LogP contribution in [0.4, 0.5) is 0 Å². The molecule has 3 nitrogen and oxygen atoms in total. The lowest BCUT2D eigenvalue weighted by Crippen LogP contribution is -2.23. The first-order valence-electron chi connectivity index (χ1n) is 7.03. The first-order chi connectivity index (χ1) is 8.02. The molecule has 17 heavy (non-hydrogen) atoms. The van der Waals surface area contributed by atoms with Crippen molar-refractivity contribution >= 4 is 0 Å². The van der Waals surface area contributed by atoms with Crippen molar-refractivity contribution in [1.29, 1.82) is 0 Å². The summed E-state index contributed by atoms with van der Waals surface area (Å²) in [6.45, 7) is 9.61. The van der Waals surface area contributed by atoms with E-state index in [4.69, 9.17) is 5.53 Å². The molecule has 0 aromatic heterocycles. The lowest BCUT2D eigenvalue weighted by molar-refractivity contribution is 0.227. The van der Waals surface area contributed by atoms with E-state index >= 15 is 0 Å². The molecule has 0 aromatic carbocycles. The summed E-state index contributed by atoms with van der Waals surface area (Å²) in [4.78, 5) is 2.88. The van der Waals surface area contributed by atoms with Crippen LogP contribution in [-0.4, -0.2) is 6.54 Å². The third kappa shape index (κ3) is 9.05. The summed E-state index contributed by atoms with van der Waals surface area (Å²) < 4.78 is 0. The molecule has 0 aliphatic carbocycles. The van der Waals surface area contributed by atoms with Crippen molar-refractivity contribution in [3.8, 4) is 0 Å². The molecule has 3 heteroatoms. The molecule has 1 unspecified atom stereocenters. The third-order valence-corrected chi connectivity index (χ3v) is 3.50. The van der Waals surface area contributed by atoms with Crippen LogP contribution in [-0.2, 0) is 0 Å². The molecular formula is C14H29N3. The van der Waals surface area contributed by atoms with Crippen molar-refractivity contribution < 1.29 is 0 Å². The zero-order valence-electron chi connectivity index (χ0n) is 12.1. The summed E-state index contributed by atoms with van der Waals surface area (Å²) in [5.41, 5.74) is 8.66. The normalized spacial score (nSPS) is 13.2. The first kappa shape index (κ1) is 16.3. The van der Waals surface area contributed by atoms with E-state index in [-0.39, 0.29) is 5.41 Å². The van der Waals surface area contributed by atoms with Gasteiger partial charge in [-0.2, -0.15) is 0 Å². The molecule has 0 spiro atoms.